The van der Waals surface area contributed by atoms with Crippen LogP contribution in [0.1, 0.15) is 52.5 Å². The number of methoxy groups -OCH3 is 1. The minimum Gasteiger partial charge on any atom is -0.375 e. The number of aromatic nitrogens is 3. The molecule has 30 heavy (non-hydrogen) atoms. The van der Waals surface area contributed by atoms with Crippen molar-refractivity contribution in [2.75, 3.05) is 13.7 Å². The maximum atomic E-state index is 12.6. The van der Waals surface area contributed by atoms with Crippen molar-refractivity contribution in [3.8, 4) is 0 Å². The van der Waals surface area contributed by atoms with Gasteiger partial charge in [0, 0.05) is 26.3 Å². The number of rotatable bonds is 5. The summed E-state index contributed by atoms with van der Waals surface area (Å²) in [5, 5.41) is 3.15. The van der Waals surface area contributed by atoms with Crippen molar-refractivity contribution >= 4 is 17.6 Å². The van der Waals surface area contributed by atoms with Gasteiger partial charge in [0.15, 0.2) is 0 Å². The predicted octanol–water partition coefficient (Wildman–Crippen LogP) is 3.63. The summed E-state index contributed by atoms with van der Waals surface area (Å²) in [6.07, 6.45) is 7.53. The van der Waals surface area contributed by atoms with Crippen molar-refractivity contribution in [3.05, 3.63) is 82.7 Å². The number of pyridine rings is 1. The van der Waals surface area contributed by atoms with Crippen LogP contribution >= 0.6 is 0 Å². The van der Waals surface area contributed by atoms with Crippen LogP contribution < -0.4 is 5.32 Å². The second kappa shape index (κ2) is 8.24. The quantitative estimate of drug-likeness (QED) is 0.708. The Kier molecular flexibility index (Phi) is 5.50. The van der Waals surface area contributed by atoms with Gasteiger partial charge in [0.2, 0.25) is 5.91 Å². The number of amides is 1. The molecule has 0 saturated carbocycles. The van der Waals surface area contributed by atoms with Crippen LogP contribution in [-0.4, -0.2) is 34.2 Å². The van der Waals surface area contributed by atoms with E-state index in [2.05, 4.69) is 59.5 Å². The Morgan fingerprint density at radius 1 is 1.33 bits per heavy atom. The summed E-state index contributed by atoms with van der Waals surface area (Å²) in [5.41, 5.74) is 7.48. The number of hydrogen-bond acceptors (Lipinski definition) is 4. The van der Waals surface area contributed by atoms with Crippen LogP contribution in [0.25, 0.3) is 11.6 Å². The summed E-state index contributed by atoms with van der Waals surface area (Å²) >= 11 is 0. The zero-order valence-electron chi connectivity index (χ0n) is 17.7. The summed E-state index contributed by atoms with van der Waals surface area (Å²) in [7, 11) is 3.45. The molecule has 4 rings (SSSR count). The average Bonchev–Trinajstić information content (AvgIpc) is 3.11. The van der Waals surface area contributed by atoms with E-state index in [0.717, 1.165) is 33.7 Å². The van der Waals surface area contributed by atoms with Gasteiger partial charge in [0.25, 0.3) is 0 Å². The molecule has 0 aliphatic heterocycles. The standard InChI is InChI=1S/C24H26N4O2/c1-15-7-8-18-16(2)23-17(6-5-9-26-23)11-20(19(18)10-15)24(27-22(29)13-30-4)21-12-25-14-28(21)3/h5-12,14,16,24H,13H2,1-4H3,(H,27,29)/t16-,24+/m0/s1. The number of hydrogen-bond donors (Lipinski definition) is 1. The topological polar surface area (TPSA) is 69.0 Å². The summed E-state index contributed by atoms with van der Waals surface area (Å²) in [6, 6.07) is 10.1. The Balaban J connectivity index is 1.95. The summed E-state index contributed by atoms with van der Waals surface area (Å²) in [4.78, 5) is 21.5. The Hall–Kier alpha value is -3.25. The Labute approximate surface area is 176 Å². The molecule has 1 aliphatic rings. The maximum Gasteiger partial charge on any atom is 0.246 e. The lowest BCUT2D eigenvalue weighted by atomic mass is 9.87. The number of carbonyl (C=O) groups excluding carboxylic acids is 1. The molecule has 0 fully saturated rings. The van der Waals surface area contributed by atoms with Gasteiger partial charge in [-0.3, -0.25) is 9.78 Å². The number of aryl methyl sites for hydroxylation is 2. The fraction of sp³-hybridized carbons (Fsp3) is 0.292. The second-order valence-electron chi connectivity index (χ2n) is 7.75. The van der Waals surface area contributed by atoms with Gasteiger partial charge >= 0.3 is 0 Å². The van der Waals surface area contributed by atoms with E-state index in [1.165, 1.54) is 12.7 Å². The first-order chi connectivity index (χ1) is 14.5. The molecule has 154 valence electrons. The van der Waals surface area contributed by atoms with Gasteiger partial charge in [0.05, 0.1) is 30.0 Å². The zero-order valence-corrected chi connectivity index (χ0v) is 17.7. The molecule has 0 spiro atoms. The third-order valence-electron chi connectivity index (χ3n) is 5.62. The number of nitrogens with zero attached hydrogens (tertiary/aromatic N) is 3. The first kappa shape index (κ1) is 20.0. The van der Waals surface area contributed by atoms with Crippen LogP contribution in [0.3, 0.4) is 0 Å². The van der Waals surface area contributed by atoms with Crippen LogP contribution in [0, 0.1) is 6.92 Å². The van der Waals surface area contributed by atoms with Gasteiger partial charge in [-0.25, -0.2) is 4.98 Å². The molecule has 6 nitrogen and oxygen atoms in total. The monoisotopic (exact) mass is 402 g/mol. The van der Waals surface area contributed by atoms with Crippen LogP contribution in [0.5, 0.6) is 0 Å². The highest BCUT2D eigenvalue weighted by atomic mass is 16.5. The SMILES string of the molecule is COCC(=O)N[C@H](C1=Cc2cccnc2[C@@H](C)c2ccc(C)cc21)c1cncn1C. The minimum absolute atomic E-state index is 0.00312. The Morgan fingerprint density at radius 3 is 2.90 bits per heavy atom. The first-order valence-corrected chi connectivity index (χ1v) is 10.0. The fourth-order valence-corrected chi connectivity index (χ4v) is 4.13. The molecule has 0 radical (unpaired) electrons. The third-order valence-corrected chi connectivity index (χ3v) is 5.62. The van der Waals surface area contributed by atoms with E-state index in [9.17, 15) is 4.79 Å². The molecule has 2 atom stereocenters. The number of imidazole rings is 1. The lowest BCUT2D eigenvalue weighted by Gasteiger charge is -2.24. The minimum atomic E-state index is -0.376. The van der Waals surface area contributed by atoms with Gasteiger partial charge in [-0.2, -0.15) is 0 Å². The van der Waals surface area contributed by atoms with E-state index >= 15 is 0 Å². The maximum absolute atomic E-state index is 12.6. The fourth-order valence-electron chi connectivity index (χ4n) is 4.13. The highest BCUT2D eigenvalue weighted by Gasteiger charge is 2.29. The molecular formula is C24H26N4O2. The molecule has 1 aromatic carbocycles. The average molecular weight is 402 g/mol. The third kappa shape index (κ3) is 3.66. The number of benzene rings is 1. The molecule has 1 N–H and O–H groups in total. The van der Waals surface area contributed by atoms with E-state index in [1.807, 2.05) is 23.9 Å². The highest BCUT2D eigenvalue weighted by molar-refractivity contribution is 5.91. The van der Waals surface area contributed by atoms with Crippen molar-refractivity contribution in [2.24, 2.45) is 7.05 Å². The van der Waals surface area contributed by atoms with Crippen LogP contribution in [-0.2, 0) is 16.6 Å². The molecule has 1 aliphatic carbocycles. The number of nitrogens with one attached hydrogen (secondary N) is 1. The molecule has 6 heteroatoms. The molecule has 2 aromatic heterocycles. The second-order valence-corrected chi connectivity index (χ2v) is 7.75. The van der Waals surface area contributed by atoms with E-state index < -0.39 is 0 Å². The van der Waals surface area contributed by atoms with E-state index in [4.69, 9.17) is 4.74 Å². The van der Waals surface area contributed by atoms with Gasteiger partial charge in [-0.15, -0.1) is 0 Å². The summed E-state index contributed by atoms with van der Waals surface area (Å²) in [5.74, 6) is -0.0464. The molecule has 3 aromatic rings. The van der Waals surface area contributed by atoms with Crippen LogP contribution in [0.2, 0.25) is 0 Å². The van der Waals surface area contributed by atoms with Crippen molar-refractivity contribution < 1.29 is 9.53 Å². The van der Waals surface area contributed by atoms with Gasteiger partial charge in [-0.1, -0.05) is 36.8 Å². The molecule has 0 saturated heterocycles. The molecule has 0 bridgehead atoms. The van der Waals surface area contributed by atoms with Crippen molar-refractivity contribution in [2.45, 2.75) is 25.8 Å². The van der Waals surface area contributed by atoms with E-state index in [0.29, 0.717) is 0 Å². The molecular weight excluding hydrogens is 376 g/mol. The summed E-state index contributed by atoms with van der Waals surface area (Å²) < 4.78 is 7.00. The van der Waals surface area contributed by atoms with E-state index in [1.54, 1.807) is 12.5 Å². The zero-order chi connectivity index (χ0) is 21.3. The number of carbonyl (C=O) groups is 1. The lowest BCUT2D eigenvalue weighted by molar-refractivity contribution is -0.125. The van der Waals surface area contributed by atoms with Crippen molar-refractivity contribution in [1.29, 1.82) is 0 Å². The van der Waals surface area contributed by atoms with Crippen LogP contribution in [0.4, 0.5) is 0 Å². The number of ether oxygens (including phenoxy) is 1. The largest absolute Gasteiger partial charge is 0.375 e. The first-order valence-electron chi connectivity index (χ1n) is 10.0. The van der Waals surface area contributed by atoms with E-state index in [-0.39, 0.29) is 24.5 Å². The van der Waals surface area contributed by atoms with Crippen LogP contribution in [0.15, 0.2) is 49.1 Å². The number of fused-ring (bicyclic) bond motifs is 2. The lowest BCUT2D eigenvalue weighted by Crippen LogP contribution is -2.33. The molecule has 1 amide bonds. The Morgan fingerprint density at radius 2 is 2.17 bits per heavy atom. The van der Waals surface area contributed by atoms with Gasteiger partial charge < -0.3 is 14.6 Å². The Bertz CT molecular complexity index is 1120. The normalized spacial score (nSPS) is 16.1. The molecule has 0 unspecified atom stereocenters. The van der Waals surface area contributed by atoms with Crippen molar-refractivity contribution in [3.63, 3.8) is 0 Å². The molecule has 2 heterocycles. The van der Waals surface area contributed by atoms with Gasteiger partial charge in [-0.05, 0) is 41.3 Å². The highest BCUT2D eigenvalue weighted by Crippen LogP contribution is 2.41. The predicted molar refractivity (Wildman–Crippen MR) is 117 cm³/mol. The summed E-state index contributed by atoms with van der Waals surface area (Å²) in [6.45, 7) is 4.26. The van der Waals surface area contributed by atoms with Gasteiger partial charge in [0.1, 0.15) is 6.61 Å². The van der Waals surface area contributed by atoms with Crippen molar-refractivity contribution in [1.82, 2.24) is 19.9 Å². The smallest absolute Gasteiger partial charge is 0.246 e.